The van der Waals surface area contributed by atoms with E-state index in [1.807, 2.05) is 6.07 Å². The van der Waals surface area contributed by atoms with Crippen LogP contribution in [0.25, 0.3) is 0 Å². The van der Waals surface area contributed by atoms with Gasteiger partial charge < -0.3 is 5.32 Å². The van der Waals surface area contributed by atoms with Crippen LogP contribution in [0.2, 0.25) is 5.15 Å². The summed E-state index contributed by atoms with van der Waals surface area (Å²) in [6.45, 7) is 7.68. The highest BCUT2D eigenvalue weighted by Gasteiger charge is 2.20. The Labute approximate surface area is 115 Å². The van der Waals surface area contributed by atoms with Gasteiger partial charge in [-0.25, -0.2) is 4.98 Å². The molecule has 1 unspecified atom stereocenters. The van der Waals surface area contributed by atoms with Crippen molar-refractivity contribution in [2.45, 2.75) is 52.0 Å². The molecule has 18 heavy (non-hydrogen) atoms. The molecule has 0 aliphatic heterocycles. The minimum absolute atomic E-state index is 0.354. The average Bonchev–Trinajstić information content (AvgIpc) is 2.26. The lowest BCUT2D eigenvalue weighted by Crippen LogP contribution is -2.30. The molecule has 0 spiro atoms. The van der Waals surface area contributed by atoms with Crippen molar-refractivity contribution in [1.29, 1.82) is 0 Å². The number of hydrogen-bond acceptors (Lipinski definition) is 2. The average molecular weight is 267 g/mol. The van der Waals surface area contributed by atoms with Crippen molar-refractivity contribution in [2.24, 2.45) is 5.92 Å². The molecule has 1 saturated carbocycles. The van der Waals surface area contributed by atoms with Gasteiger partial charge in [0.15, 0.2) is 0 Å². The highest BCUT2D eigenvalue weighted by molar-refractivity contribution is 6.29. The predicted octanol–water partition coefficient (Wildman–Crippen LogP) is 4.31. The van der Waals surface area contributed by atoms with Gasteiger partial charge in [0.05, 0.1) is 0 Å². The molecule has 0 radical (unpaired) electrons. The summed E-state index contributed by atoms with van der Waals surface area (Å²) in [5.74, 6) is 1.29. The van der Waals surface area contributed by atoms with Crippen LogP contribution in [-0.2, 0) is 0 Å². The predicted molar refractivity (Wildman–Crippen MR) is 77.1 cm³/mol. The summed E-state index contributed by atoms with van der Waals surface area (Å²) < 4.78 is 0. The van der Waals surface area contributed by atoms with Crippen LogP contribution in [0.5, 0.6) is 0 Å². The number of pyridine rings is 1. The van der Waals surface area contributed by atoms with Gasteiger partial charge in [0, 0.05) is 11.7 Å². The maximum atomic E-state index is 5.99. The standard InChI is InChI=1S/C15H23ClN2/c1-10(2)15-13(7-8-14(16)18-15)11(3)17-9-12-5-4-6-12/h7-8,10-12,17H,4-6,9H2,1-3H3. The molecule has 0 saturated heterocycles. The summed E-state index contributed by atoms with van der Waals surface area (Å²) in [6, 6.07) is 4.36. The third-order valence-electron chi connectivity index (χ3n) is 3.87. The van der Waals surface area contributed by atoms with Crippen LogP contribution in [0.3, 0.4) is 0 Å². The van der Waals surface area contributed by atoms with Gasteiger partial charge in [-0.3, -0.25) is 0 Å². The summed E-state index contributed by atoms with van der Waals surface area (Å²) in [4.78, 5) is 4.48. The normalized spacial score (nSPS) is 17.8. The molecule has 1 atom stereocenters. The Hall–Kier alpha value is -0.600. The van der Waals surface area contributed by atoms with Crippen LogP contribution >= 0.6 is 11.6 Å². The Bertz CT molecular complexity index is 399. The number of aromatic nitrogens is 1. The van der Waals surface area contributed by atoms with E-state index in [1.165, 1.54) is 24.8 Å². The number of rotatable bonds is 5. The third kappa shape index (κ3) is 3.24. The molecule has 1 aromatic heterocycles. The Kier molecular flexibility index (Phi) is 4.63. The van der Waals surface area contributed by atoms with E-state index in [1.54, 1.807) is 0 Å². The molecule has 1 aliphatic rings. The SMILES string of the molecule is CC(C)c1nc(Cl)ccc1C(C)NCC1CCC1. The maximum Gasteiger partial charge on any atom is 0.129 e. The van der Waals surface area contributed by atoms with Crippen LogP contribution in [0.4, 0.5) is 0 Å². The zero-order valence-electron chi connectivity index (χ0n) is 11.5. The largest absolute Gasteiger partial charge is 0.310 e. The molecule has 1 N–H and O–H groups in total. The second-order valence-electron chi connectivity index (χ2n) is 5.69. The molecular formula is C15H23ClN2. The molecule has 2 rings (SSSR count). The van der Waals surface area contributed by atoms with E-state index in [0.717, 1.165) is 18.2 Å². The Morgan fingerprint density at radius 2 is 2.06 bits per heavy atom. The second-order valence-corrected chi connectivity index (χ2v) is 6.08. The van der Waals surface area contributed by atoms with Crippen LogP contribution in [0.15, 0.2) is 12.1 Å². The van der Waals surface area contributed by atoms with E-state index in [9.17, 15) is 0 Å². The Morgan fingerprint density at radius 1 is 1.33 bits per heavy atom. The molecule has 0 aromatic carbocycles. The van der Waals surface area contributed by atoms with Crippen molar-refractivity contribution in [3.05, 3.63) is 28.5 Å². The quantitative estimate of drug-likeness (QED) is 0.804. The number of nitrogens with one attached hydrogen (secondary N) is 1. The van der Waals surface area contributed by atoms with E-state index < -0.39 is 0 Å². The fourth-order valence-corrected chi connectivity index (χ4v) is 2.59. The lowest BCUT2D eigenvalue weighted by Gasteiger charge is -2.28. The topological polar surface area (TPSA) is 24.9 Å². The monoisotopic (exact) mass is 266 g/mol. The van der Waals surface area contributed by atoms with Gasteiger partial charge >= 0.3 is 0 Å². The van der Waals surface area contributed by atoms with Gasteiger partial charge in [-0.05, 0) is 49.8 Å². The first-order chi connectivity index (χ1) is 8.58. The van der Waals surface area contributed by atoms with E-state index in [4.69, 9.17) is 11.6 Å². The van der Waals surface area contributed by atoms with Crippen LogP contribution in [-0.4, -0.2) is 11.5 Å². The van der Waals surface area contributed by atoms with Crippen LogP contribution in [0, 0.1) is 5.92 Å². The van der Waals surface area contributed by atoms with Gasteiger partial charge in [0.25, 0.3) is 0 Å². The minimum Gasteiger partial charge on any atom is -0.310 e. The summed E-state index contributed by atoms with van der Waals surface area (Å²) in [6.07, 6.45) is 4.17. The summed E-state index contributed by atoms with van der Waals surface area (Å²) in [5.41, 5.74) is 2.41. The summed E-state index contributed by atoms with van der Waals surface area (Å²) in [5, 5.41) is 4.22. The molecule has 100 valence electrons. The first kappa shape index (κ1) is 13.8. The number of nitrogens with zero attached hydrogens (tertiary/aromatic N) is 1. The van der Waals surface area contributed by atoms with E-state index >= 15 is 0 Å². The Morgan fingerprint density at radius 3 is 2.61 bits per heavy atom. The maximum absolute atomic E-state index is 5.99. The lowest BCUT2D eigenvalue weighted by molar-refractivity contribution is 0.292. The molecule has 1 heterocycles. The molecule has 0 bridgehead atoms. The highest BCUT2D eigenvalue weighted by atomic mass is 35.5. The van der Waals surface area contributed by atoms with Crippen LogP contribution < -0.4 is 5.32 Å². The molecule has 2 nitrogen and oxygen atoms in total. The molecule has 1 fully saturated rings. The molecular weight excluding hydrogens is 244 g/mol. The number of halogens is 1. The van der Waals surface area contributed by atoms with Crippen molar-refractivity contribution in [1.82, 2.24) is 10.3 Å². The molecule has 0 amide bonds. The van der Waals surface area contributed by atoms with Crippen LogP contribution in [0.1, 0.15) is 63.3 Å². The van der Waals surface area contributed by atoms with Crippen molar-refractivity contribution in [2.75, 3.05) is 6.54 Å². The number of hydrogen-bond donors (Lipinski definition) is 1. The van der Waals surface area contributed by atoms with Gasteiger partial charge in [0.1, 0.15) is 5.15 Å². The smallest absolute Gasteiger partial charge is 0.129 e. The van der Waals surface area contributed by atoms with E-state index in [0.29, 0.717) is 17.1 Å². The van der Waals surface area contributed by atoms with E-state index in [-0.39, 0.29) is 0 Å². The van der Waals surface area contributed by atoms with E-state index in [2.05, 4.69) is 37.1 Å². The summed E-state index contributed by atoms with van der Waals surface area (Å²) >= 11 is 5.99. The van der Waals surface area contributed by atoms with Gasteiger partial charge in [-0.1, -0.05) is 37.9 Å². The van der Waals surface area contributed by atoms with Gasteiger partial charge in [0.2, 0.25) is 0 Å². The molecule has 1 aromatic rings. The third-order valence-corrected chi connectivity index (χ3v) is 4.08. The van der Waals surface area contributed by atoms with Gasteiger partial charge in [-0.2, -0.15) is 0 Å². The lowest BCUT2D eigenvalue weighted by atomic mass is 9.85. The molecule has 1 aliphatic carbocycles. The fraction of sp³-hybridized carbons (Fsp3) is 0.667. The minimum atomic E-state index is 0.354. The Balaban J connectivity index is 2.05. The highest BCUT2D eigenvalue weighted by Crippen LogP contribution is 2.28. The van der Waals surface area contributed by atoms with Crippen molar-refractivity contribution < 1.29 is 0 Å². The van der Waals surface area contributed by atoms with Gasteiger partial charge in [-0.15, -0.1) is 0 Å². The molecule has 3 heteroatoms. The first-order valence-electron chi connectivity index (χ1n) is 6.97. The zero-order chi connectivity index (χ0) is 13.1. The fourth-order valence-electron chi connectivity index (χ4n) is 2.44. The van der Waals surface area contributed by atoms with Crippen molar-refractivity contribution in [3.63, 3.8) is 0 Å². The zero-order valence-corrected chi connectivity index (χ0v) is 12.3. The summed E-state index contributed by atoms with van der Waals surface area (Å²) in [7, 11) is 0. The second kappa shape index (κ2) is 6.03. The van der Waals surface area contributed by atoms with Crippen molar-refractivity contribution in [3.8, 4) is 0 Å². The first-order valence-corrected chi connectivity index (χ1v) is 7.35. The van der Waals surface area contributed by atoms with Crippen molar-refractivity contribution >= 4 is 11.6 Å².